The maximum absolute atomic E-state index is 14.8. The number of nitriles is 1. The third kappa shape index (κ3) is 7.21. The zero-order valence-electron chi connectivity index (χ0n) is 21.9. The first-order valence-corrected chi connectivity index (χ1v) is 12.8. The highest BCUT2D eigenvalue weighted by atomic mass is 19.1. The molecule has 200 valence electrons. The van der Waals surface area contributed by atoms with E-state index < -0.39 is 11.8 Å². The number of amides is 2. The van der Waals surface area contributed by atoms with Gasteiger partial charge in [0.2, 0.25) is 0 Å². The number of nitrogens with one attached hydrogen (secondary N) is 2. The van der Waals surface area contributed by atoms with Crippen LogP contribution >= 0.6 is 0 Å². The maximum atomic E-state index is 14.8. The number of ether oxygens (including phenoxy) is 2. The number of rotatable bonds is 11. The molecule has 9 heteroatoms. The van der Waals surface area contributed by atoms with Crippen LogP contribution in [-0.2, 0) is 0 Å². The molecule has 39 heavy (non-hydrogen) atoms. The van der Waals surface area contributed by atoms with Crippen molar-refractivity contribution < 1.29 is 18.7 Å². The predicted molar refractivity (Wildman–Crippen MR) is 150 cm³/mol. The van der Waals surface area contributed by atoms with Gasteiger partial charge in [-0.05, 0) is 55.9 Å². The largest absolute Gasteiger partial charge is 0.492 e. The number of hydrogen-bond donors (Lipinski definition) is 2. The molecule has 0 saturated carbocycles. The number of carbonyl (C=O) groups is 1. The molecule has 0 radical (unpaired) electrons. The summed E-state index contributed by atoms with van der Waals surface area (Å²) < 4.78 is 26.6. The van der Waals surface area contributed by atoms with Crippen molar-refractivity contribution in [1.82, 2.24) is 9.88 Å². The quantitative estimate of drug-likeness (QED) is 0.208. The van der Waals surface area contributed by atoms with Crippen LogP contribution in [0.3, 0.4) is 0 Å². The van der Waals surface area contributed by atoms with E-state index >= 15 is 0 Å². The van der Waals surface area contributed by atoms with Crippen LogP contribution < -0.4 is 20.1 Å². The third-order valence-electron chi connectivity index (χ3n) is 6.14. The van der Waals surface area contributed by atoms with E-state index in [-0.39, 0.29) is 11.4 Å². The minimum atomic E-state index is -0.660. The molecule has 0 saturated heterocycles. The Balaban J connectivity index is 1.46. The summed E-state index contributed by atoms with van der Waals surface area (Å²) >= 11 is 0. The summed E-state index contributed by atoms with van der Waals surface area (Å²) in [7, 11) is 0. The van der Waals surface area contributed by atoms with Crippen LogP contribution in [0, 0.1) is 17.1 Å². The van der Waals surface area contributed by atoms with Crippen molar-refractivity contribution in [3.05, 3.63) is 84.3 Å². The summed E-state index contributed by atoms with van der Waals surface area (Å²) in [6, 6.07) is 19.6. The lowest BCUT2D eigenvalue weighted by molar-refractivity contribution is 0.249. The van der Waals surface area contributed by atoms with Crippen molar-refractivity contribution in [2.45, 2.75) is 20.3 Å². The average Bonchev–Trinajstić information content (AvgIpc) is 2.95. The molecule has 0 aliphatic heterocycles. The molecule has 4 aromatic rings. The maximum Gasteiger partial charge on any atom is 0.323 e. The van der Waals surface area contributed by atoms with E-state index in [1.54, 1.807) is 54.7 Å². The minimum Gasteiger partial charge on any atom is -0.492 e. The molecule has 0 unspecified atom stereocenters. The molecule has 4 rings (SSSR count). The Morgan fingerprint density at radius 2 is 1.82 bits per heavy atom. The van der Waals surface area contributed by atoms with E-state index in [4.69, 9.17) is 9.47 Å². The van der Waals surface area contributed by atoms with Gasteiger partial charge in [0.15, 0.2) is 0 Å². The second-order valence-electron chi connectivity index (χ2n) is 8.70. The average molecular weight is 528 g/mol. The molecule has 0 bridgehead atoms. The number of benzene rings is 3. The van der Waals surface area contributed by atoms with E-state index in [0.29, 0.717) is 40.3 Å². The van der Waals surface area contributed by atoms with Crippen molar-refractivity contribution in [3.8, 4) is 23.3 Å². The lowest BCUT2D eigenvalue weighted by Gasteiger charge is -2.18. The molecule has 0 aliphatic rings. The van der Waals surface area contributed by atoms with Gasteiger partial charge in [0.05, 0.1) is 23.4 Å². The zero-order valence-corrected chi connectivity index (χ0v) is 21.9. The molecule has 2 amide bonds. The van der Waals surface area contributed by atoms with Crippen molar-refractivity contribution in [2.24, 2.45) is 0 Å². The number of pyridine rings is 1. The van der Waals surface area contributed by atoms with E-state index in [9.17, 15) is 14.4 Å². The topological polar surface area (TPSA) is 99.5 Å². The first-order chi connectivity index (χ1) is 19.0. The normalized spacial score (nSPS) is 10.7. The Hall–Kier alpha value is -4.68. The summed E-state index contributed by atoms with van der Waals surface area (Å²) in [6.07, 6.45) is 2.42. The van der Waals surface area contributed by atoms with Gasteiger partial charge in [-0.3, -0.25) is 4.98 Å². The highest BCUT2D eigenvalue weighted by Crippen LogP contribution is 2.34. The van der Waals surface area contributed by atoms with Crippen molar-refractivity contribution in [2.75, 3.05) is 36.9 Å². The third-order valence-corrected chi connectivity index (χ3v) is 6.14. The van der Waals surface area contributed by atoms with E-state index in [2.05, 4.69) is 40.4 Å². The highest BCUT2D eigenvalue weighted by molar-refractivity contribution is 5.99. The van der Waals surface area contributed by atoms with Gasteiger partial charge < -0.3 is 25.0 Å². The van der Waals surface area contributed by atoms with Gasteiger partial charge in [0, 0.05) is 35.9 Å². The van der Waals surface area contributed by atoms with Gasteiger partial charge >= 0.3 is 6.03 Å². The number of para-hydroxylation sites is 1. The van der Waals surface area contributed by atoms with E-state index in [1.165, 1.54) is 12.1 Å². The number of carbonyl (C=O) groups excluding carboxylic acids is 1. The van der Waals surface area contributed by atoms with Crippen LogP contribution in [0.5, 0.6) is 17.2 Å². The molecule has 0 fully saturated rings. The van der Waals surface area contributed by atoms with Crippen molar-refractivity contribution >= 4 is 28.3 Å². The number of aromatic nitrogens is 1. The van der Waals surface area contributed by atoms with Crippen LogP contribution in [0.25, 0.3) is 10.9 Å². The van der Waals surface area contributed by atoms with Gasteiger partial charge in [0.1, 0.15) is 29.1 Å². The number of nitrogens with zero attached hydrogens (tertiary/aromatic N) is 3. The molecular weight excluding hydrogens is 497 g/mol. The Morgan fingerprint density at radius 1 is 1.03 bits per heavy atom. The monoisotopic (exact) mass is 527 g/mol. The van der Waals surface area contributed by atoms with Crippen LogP contribution in [0.1, 0.15) is 25.8 Å². The molecule has 8 nitrogen and oxygen atoms in total. The fraction of sp³-hybridized carbons (Fsp3) is 0.233. The lowest BCUT2D eigenvalue weighted by atomic mass is 10.1. The standard InChI is InChI=1S/C30H30FN5O3/c1-3-36(4-2)15-8-16-38-29-19-27-24(17-21(29)20-32)28(13-14-33-27)39-23-11-12-26(25(31)18-23)35-30(37)34-22-9-6-5-7-10-22/h5-7,9-14,17-19H,3-4,8,15-16H2,1-2H3,(H2,34,35,37). The minimum absolute atomic E-state index is 0.00455. The fourth-order valence-corrected chi connectivity index (χ4v) is 4.05. The number of urea groups is 1. The second kappa shape index (κ2) is 13.2. The van der Waals surface area contributed by atoms with Crippen LogP contribution in [0.15, 0.2) is 72.9 Å². The number of hydrogen-bond acceptors (Lipinski definition) is 6. The second-order valence-corrected chi connectivity index (χ2v) is 8.70. The van der Waals surface area contributed by atoms with Gasteiger partial charge in [-0.1, -0.05) is 32.0 Å². The number of fused-ring (bicyclic) bond motifs is 1. The van der Waals surface area contributed by atoms with Crippen molar-refractivity contribution in [1.29, 1.82) is 5.26 Å². The van der Waals surface area contributed by atoms with Crippen LogP contribution in [-0.4, -0.2) is 42.2 Å². The molecule has 3 aromatic carbocycles. The first-order valence-electron chi connectivity index (χ1n) is 12.8. The molecule has 0 spiro atoms. The van der Waals surface area contributed by atoms with Crippen molar-refractivity contribution in [3.63, 3.8) is 0 Å². The zero-order chi connectivity index (χ0) is 27.6. The Bertz CT molecular complexity index is 1470. The lowest BCUT2D eigenvalue weighted by Crippen LogP contribution is -2.25. The van der Waals surface area contributed by atoms with Crippen LogP contribution in [0.2, 0.25) is 0 Å². The molecule has 2 N–H and O–H groups in total. The number of halogens is 1. The Labute approximate surface area is 227 Å². The summed E-state index contributed by atoms with van der Waals surface area (Å²) in [5.74, 6) is 0.437. The van der Waals surface area contributed by atoms with E-state index in [1.807, 2.05) is 6.07 Å². The van der Waals surface area contributed by atoms with E-state index in [0.717, 1.165) is 26.1 Å². The first kappa shape index (κ1) is 27.4. The van der Waals surface area contributed by atoms with Gasteiger partial charge in [-0.2, -0.15) is 5.26 Å². The SMILES string of the molecule is CCN(CC)CCCOc1cc2nccc(Oc3ccc(NC(=O)Nc4ccccc4)c(F)c3)c2cc1C#N. The summed E-state index contributed by atoms with van der Waals surface area (Å²) in [6.45, 7) is 7.61. The number of anilines is 2. The fourth-order valence-electron chi connectivity index (χ4n) is 4.05. The molecule has 1 heterocycles. The van der Waals surface area contributed by atoms with Crippen LogP contribution in [0.4, 0.5) is 20.6 Å². The molecule has 0 aliphatic carbocycles. The molecular formula is C30H30FN5O3. The van der Waals surface area contributed by atoms with Gasteiger partial charge in [-0.15, -0.1) is 0 Å². The Kier molecular flexibility index (Phi) is 9.27. The summed E-state index contributed by atoms with van der Waals surface area (Å²) in [4.78, 5) is 18.9. The Morgan fingerprint density at radius 3 is 2.54 bits per heavy atom. The summed E-state index contributed by atoms with van der Waals surface area (Å²) in [5.41, 5.74) is 1.54. The summed E-state index contributed by atoms with van der Waals surface area (Å²) in [5, 5.41) is 15.4. The highest BCUT2D eigenvalue weighted by Gasteiger charge is 2.14. The molecule has 0 atom stereocenters. The molecule has 1 aromatic heterocycles. The van der Waals surface area contributed by atoms with Gasteiger partial charge in [-0.25, -0.2) is 9.18 Å². The smallest absolute Gasteiger partial charge is 0.323 e. The predicted octanol–water partition coefficient (Wildman–Crippen LogP) is 6.79. The van der Waals surface area contributed by atoms with Gasteiger partial charge in [0.25, 0.3) is 0 Å².